The van der Waals surface area contributed by atoms with Gasteiger partial charge in [-0.25, -0.2) is 4.79 Å². The van der Waals surface area contributed by atoms with Crippen LogP contribution >= 0.6 is 0 Å². The fraction of sp³-hybridized carbons (Fsp3) is 0.438. The number of amides is 1. The second-order valence-electron chi connectivity index (χ2n) is 5.30. The molecule has 108 valence electrons. The van der Waals surface area contributed by atoms with Gasteiger partial charge in [-0.2, -0.15) is 0 Å². The van der Waals surface area contributed by atoms with E-state index in [2.05, 4.69) is 12.2 Å². The van der Waals surface area contributed by atoms with E-state index >= 15 is 0 Å². The minimum atomic E-state index is -0.927. The van der Waals surface area contributed by atoms with Gasteiger partial charge in [-0.15, -0.1) is 0 Å². The Bertz CT molecular complexity index is 499. The predicted octanol–water partition coefficient (Wildman–Crippen LogP) is 3.31. The SMILES string of the molecule is Cc1ccccc1N(C(=O)O)C1CC/C=C/CCC1N. The molecular weight excluding hydrogens is 252 g/mol. The molecular formula is C16H22N2O2. The highest BCUT2D eigenvalue weighted by Gasteiger charge is 2.30. The summed E-state index contributed by atoms with van der Waals surface area (Å²) >= 11 is 0. The van der Waals surface area contributed by atoms with E-state index in [0.717, 1.165) is 36.9 Å². The first-order chi connectivity index (χ1) is 9.61. The number of nitrogens with two attached hydrogens (primary N) is 1. The monoisotopic (exact) mass is 274 g/mol. The number of allylic oxidation sites excluding steroid dienone is 2. The van der Waals surface area contributed by atoms with Gasteiger partial charge in [0.2, 0.25) is 0 Å². The van der Waals surface area contributed by atoms with Crippen molar-refractivity contribution in [3.63, 3.8) is 0 Å². The molecule has 1 aliphatic carbocycles. The first kappa shape index (κ1) is 14.6. The van der Waals surface area contributed by atoms with Gasteiger partial charge in [0.15, 0.2) is 0 Å². The first-order valence-electron chi connectivity index (χ1n) is 7.09. The van der Waals surface area contributed by atoms with Crippen LogP contribution < -0.4 is 10.6 Å². The number of para-hydroxylation sites is 1. The lowest BCUT2D eigenvalue weighted by Crippen LogP contribution is -2.50. The van der Waals surface area contributed by atoms with Crippen molar-refractivity contribution in [2.24, 2.45) is 5.73 Å². The summed E-state index contributed by atoms with van der Waals surface area (Å²) in [5.41, 5.74) is 7.93. The Labute approximate surface area is 119 Å². The summed E-state index contributed by atoms with van der Waals surface area (Å²) < 4.78 is 0. The molecule has 2 atom stereocenters. The van der Waals surface area contributed by atoms with Crippen molar-refractivity contribution < 1.29 is 9.90 Å². The Morgan fingerprint density at radius 1 is 1.25 bits per heavy atom. The van der Waals surface area contributed by atoms with Gasteiger partial charge in [-0.05, 0) is 44.2 Å². The highest BCUT2D eigenvalue weighted by Crippen LogP contribution is 2.27. The quantitative estimate of drug-likeness (QED) is 0.813. The van der Waals surface area contributed by atoms with Gasteiger partial charge in [0.05, 0.1) is 11.7 Å². The van der Waals surface area contributed by atoms with E-state index in [9.17, 15) is 9.90 Å². The molecule has 4 heteroatoms. The summed E-state index contributed by atoms with van der Waals surface area (Å²) in [5, 5.41) is 9.64. The highest BCUT2D eigenvalue weighted by atomic mass is 16.4. The molecule has 0 saturated heterocycles. The third kappa shape index (κ3) is 3.20. The molecule has 2 rings (SSSR count). The van der Waals surface area contributed by atoms with E-state index in [1.807, 2.05) is 31.2 Å². The van der Waals surface area contributed by atoms with Crippen molar-refractivity contribution in [1.82, 2.24) is 0 Å². The zero-order chi connectivity index (χ0) is 14.5. The molecule has 2 unspecified atom stereocenters. The zero-order valence-corrected chi connectivity index (χ0v) is 11.8. The molecule has 0 spiro atoms. The minimum absolute atomic E-state index is 0.129. The van der Waals surface area contributed by atoms with Gasteiger partial charge in [0.1, 0.15) is 0 Å². The Balaban J connectivity index is 2.34. The molecule has 0 bridgehead atoms. The predicted molar refractivity (Wildman–Crippen MR) is 81.1 cm³/mol. The molecule has 0 fully saturated rings. The lowest BCUT2D eigenvalue weighted by Gasteiger charge is -2.35. The Hall–Kier alpha value is -1.81. The molecule has 1 aromatic carbocycles. The summed E-state index contributed by atoms with van der Waals surface area (Å²) in [6, 6.07) is 7.27. The second-order valence-corrected chi connectivity index (χ2v) is 5.30. The number of carboxylic acid groups (broad SMARTS) is 1. The number of hydrogen-bond acceptors (Lipinski definition) is 2. The van der Waals surface area contributed by atoms with Crippen LogP contribution in [0.2, 0.25) is 0 Å². The minimum Gasteiger partial charge on any atom is -0.465 e. The Morgan fingerprint density at radius 3 is 2.55 bits per heavy atom. The third-order valence-electron chi connectivity index (χ3n) is 3.87. The topological polar surface area (TPSA) is 66.6 Å². The van der Waals surface area contributed by atoms with Crippen LogP contribution in [0.4, 0.5) is 10.5 Å². The van der Waals surface area contributed by atoms with Gasteiger partial charge in [-0.1, -0.05) is 30.4 Å². The molecule has 1 aliphatic rings. The van der Waals surface area contributed by atoms with E-state index < -0.39 is 6.09 Å². The average Bonchev–Trinajstić information content (AvgIpc) is 2.39. The van der Waals surface area contributed by atoms with Gasteiger partial charge < -0.3 is 10.8 Å². The smallest absolute Gasteiger partial charge is 0.412 e. The maximum atomic E-state index is 11.7. The maximum Gasteiger partial charge on any atom is 0.412 e. The number of nitrogens with zero attached hydrogens (tertiary/aromatic N) is 1. The summed E-state index contributed by atoms with van der Waals surface area (Å²) in [7, 11) is 0. The fourth-order valence-electron chi connectivity index (χ4n) is 2.78. The maximum absolute atomic E-state index is 11.7. The van der Waals surface area contributed by atoms with Gasteiger partial charge in [0, 0.05) is 6.04 Å². The van der Waals surface area contributed by atoms with Gasteiger partial charge in [0.25, 0.3) is 0 Å². The normalized spacial score (nSPS) is 24.5. The van der Waals surface area contributed by atoms with Crippen molar-refractivity contribution in [2.45, 2.75) is 44.7 Å². The van der Waals surface area contributed by atoms with Gasteiger partial charge >= 0.3 is 6.09 Å². The van der Waals surface area contributed by atoms with E-state index in [1.54, 1.807) is 0 Å². The summed E-state index contributed by atoms with van der Waals surface area (Å²) in [6.07, 6.45) is 6.69. The standard InChI is InChI=1S/C16H22N2O2/c1-12-8-6-7-10-14(12)18(16(19)20)15-11-5-3-2-4-9-13(15)17/h2-3,6-8,10,13,15H,4-5,9,11,17H2,1H3,(H,19,20)/b3-2+. The van der Waals surface area contributed by atoms with Gasteiger partial charge in [-0.3, -0.25) is 4.90 Å². The fourth-order valence-corrected chi connectivity index (χ4v) is 2.78. The lowest BCUT2D eigenvalue weighted by molar-refractivity contribution is 0.196. The Morgan fingerprint density at radius 2 is 1.90 bits per heavy atom. The molecule has 1 amide bonds. The number of hydrogen-bond donors (Lipinski definition) is 2. The van der Waals surface area contributed by atoms with Crippen molar-refractivity contribution in [3.05, 3.63) is 42.0 Å². The molecule has 20 heavy (non-hydrogen) atoms. The molecule has 1 aromatic rings. The van der Waals surface area contributed by atoms with Crippen molar-refractivity contribution >= 4 is 11.8 Å². The van der Waals surface area contributed by atoms with Crippen LogP contribution in [-0.2, 0) is 0 Å². The van der Waals surface area contributed by atoms with Crippen LogP contribution in [0.15, 0.2) is 36.4 Å². The van der Waals surface area contributed by atoms with Crippen LogP contribution in [0, 0.1) is 6.92 Å². The van der Waals surface area contributed by atoms with Crippen molar-refractivity contribution in [3.8, 4) is 0 Å². The van der Waals surface area contributed by atoms with Crippen LogP contribution in [0.3, 0.4) is 0 Å². The molecule has 4 nitrogen and oxygen atoms in total. The molecule has 3 N–H and O–H groups in total. The third-order valence-corrected chi connectivity index (χ3v) is 3.87. The van der Waals surface area contributed by atoms with Crippen LogP contribution in [0.25, 0.3) is 0 Å². The molecule has 0 aliphatic heterocycles. The van der Waals surface area contributed by atoms with E-state index in [0.29, 0.717) is 0 Å². The number of carbonyl (C=O) groups is 1. The van der Waals surface area contributed by atoms with E-state index in [1.165, 1.54) is 4.90 Å². The van der Waals surface area contributed by atoms with Crippen molar-refractivity contribution in [1.29, 1.82) is 0 Å². The van der Waals surface area contributed by atoms with Crippen LogP contribution in [0.5, 0.6) is 0 Å². The largest absolute Gasteiger partial charge is 0.465 e. The average molecular weight is 274 g/mol. The first-order valence-corrected chi connectivity index (χ1v) is 7.09. The number of benzene rings is 1. The van der Waals surface area contributed by atoms with E-state index in [-0.39, 0.29) is 12.1 Å². The van der Waals surface area contributed by atoms with E-state index in [4.69, 9.17) is 5.73 Å². The number of aryl methyl sites for hydroxylation is 1. The van der Waals surface area contributed by atoms with Crippen molar-refractivity contribution in [2.75, 3.05) is 4.90 Å². The summed E-state index contributed by atoms with van der Waals surface area (Å²) in [5.74, 6) is 0. The number of rotatable bonds is 2. The molecule has 0 heterocycles. The molecule has 0 radical (unpaired) electrons. The summed E-state index contributed by atoms with van der Waals surface area (Å²) in [6.45, 7) is 1.93. The highest BCUT2D eigenvalue weighted by molar-refractivity contribution is 5.88. The van der Waals surface area contributed by atoms with Crippen LogP contribution in [0.1, 0.15) is 31.2 Å². The zero-order valence-electron chi connectivity index (χ0n) is 11.8. The Kier molecular flexibility index (Phi) is 4.79. The second kappa shape index (κ2) is 6.57. The summed E-state index contributed by atoms with van der Waals surface area (Å²) in [4.78, 5) is 13.2. The lowest BCUT2D eigenvalue weighted by atomic mass is 9.94. The van der Waals surface area contributed by atoms with Crippen LogP contribution in [-0.4, -0.2) is 23.3 Å². The molecule has 0 aromatic heterocycles. The number of anilines is 1. The molecule has 0 saturated carbocycles.